The summed E-state index contributed by atoms with van der Waals surface area (Å²) in [6.07, 6.45) is 1.22. The first-order valence-corrected chi connectivity index (χ1v) is 10.2. The molecule has 27 heavy (non-hydrogen) atoms. The average molecular weight is 394 g/mol. The Labute approximate surface area is 166 Å². The zero-order valence-electron chi connectivity index (χ0n) is 16.2. The number of benzene rings is 1. The summed E-state index contributed by atoms with van der Waals surface area (Å²) in [6.45, 7) is 10.3. The second kappa shape index (κ2) is 8.97. The molecule has 3 rings (SSSR count). The Bertz CT molecular complexity index is 650. The van der Waals surface area contributed by atoms with Gasteiger partial charge in [-0.05, 0) is 54.7 Å². The average Bonchev–Trinajstić information content (AvgIpc) is 2.63. The molecule has 2 N–H and O–H groups in total. The van der Waals surface area contributed by atoms with Crippen molar-refractivity contribution in [1.29, 1.82) is 0 Å². The van der Waals surface area contributed by atoms with Gasteiger partial charge in [-0.25, -0.2) is 4.39 Å². The SMILES string of the molecule is C[C@@H]1C[C@H](C)CN(C(=O)C[NH+]2CCN(C(=S)Nc3ccc(F)cc3)CC2)C1. The third-order valence-electron chi connectivity index (χ3n) is 5.48. The molecule has 1 amide bonds. The smallest absolute Gasteiger partial charge is 0.277 e. The van der Waals surface area contributed by atoms with Gasteiger partial charge in [0.25, 0.3) is 5.91 Å². The molecule has 148 valence electrons. The molecule has 5 nitrogen and oxygen atoms in total. The Kier molecular flexibility index (Phi) is 6.65. The minimum atomic E-state index is -0.258. The summed E-state index contributed by atoms with van der Waals surface area (Å²) >= 11 is 5.48. The zero-order valence-corrected chi connectivity index (χ0v) is 17.0. The third kappa shape index (κ3) is 5.62. The number of halogens is 1. The number of anilines is 1. The molecule has 0 spiro atoms. The molecule has 1 aromatic carbocycles. The summed E-state index contributed by atoms with van der Waals surface area (Å²) in [7, 11) is 0. The van der Waals surface area contributed by atoms with Gasteiger partial charge >= 0.3 is 0 Å². The highest BCUT2D eigenvalue weighted by atomic mass is 32.1. The molecule has 0 unspecified atom stereocenters. The van der Waals surface area contributed by atoms with E-state index in [-0.39, 0.29) is 11.7 Å². The van der Waals surface area contributed by atoms with Crippen LogP contribution in [0.3, 0.4) is 0 Å². The molecule has 2 atom stereocenters. The number of rotatable bonds is 3. The number of quaternary nitrogens is 1. The lowest BCUT2D eigenvalue weighted by Crippen LogP contribution is -3.15. The maximum atomic E-state index is 13.0. The van der Waals surface area contributed by atoms with Gasteiger partial charge in [0.15, 0.2) is 11.7 Å². The number of nitrogens with one attached hydrogen (secondary N) is 2. The number of piperidine rings is 1. The van der Waals surface area contributed by atoms with Crippen LogP contribution in [0.2, 0.25) is 0 Å². The molecule has 7 heteroatoms. The van der Waals surface area contributed by atoms with Crippen molar-refractivity contribution in [3.63, 3.8) is 0 Å². The van der Waals surface area contributed by atoms with Gasteiger partial charge in [0.05, 0.1) is 26.2 Å². The van der Waals surface area contributed by atoms with E-state index < -0.39 is 0 Å². The number of hydrogen-bond donors (Lipinski definition) is 2. The maximum absolute atomic E-state index is 13.0. The van der Waals surface area contributed by atoms with Gasteiger partial charge in [-0.1, -0.05) is 13.8 Å². The Balaban J connectivity index is 1.43. The van der Waals surface area contributed by atoms with E-state index in [0.717, 1.165) is 45.0 Å². The molecule has 2 aliphatic heterocycles. The van der Waals surface area contributed by atoms with Crippen molar-refractivity contribution in [2.24, 2.45) is 11.8 Å². The Morgan fingerprint density at radius 2 is 1.74 bits per heavy atom. The van der Waals surface area contributed by atoms with E-state index >= 15 is 0 Å². The molecule has 2 saturated heterocycles. The number of carbonyl (C=O) groups excluding carboxylic acids is 1. The van der Waals surface area contributed by atoms with E-state index in [1.165, 1.54) is 23.5 Å². The van der Waals surface area contributed by atoms with E-state index in [9.17, 15) is 9.18 Å². The second-order valence-electron chi connectivity index (χ2n) is 8.10. The molecular formula is C20H30FN4OS+. The third-order valence-corrected chi connectivity index (χ3v) is 5.84. The fourth-order valence-corrected chi connectivity index (χ4v) is 4.43. The van der Waals surface area contributed by atoms with Crippen LogP contribution in [0.15, 0.2) is 24.3 Å². The molecule has 2 heterocycles. The van der Waals surface area contributed by atoms with Crippen LogP contribution in [0.4, 0.5) is 10.1 Å². The number of amides is 1. The predicted octanol–water partition coefficient (Wildman–Crippen LogP) is 1.23. The van der Waals surface area contributed by atoms with Crippen LogP contribution in [-0.2, 0) is 4.79 Å². The standard InChI is InChI=1S/C20H29FN4OS/c1-15-11-16(2)13-25(12-15)19(26)14-23-7-9-24(10-8-23)20(27)22-18-5-3-17(21)4-6-18/h3-6,15-16H,7-14H2,1-2H3,(H,22,27)/p+1/t15-,16+. The second-order valence-corrected chi connectivity index (χ2v) is 8.48. The number of piperazine rings is 1. The van der Waals surface area contributed by atoms with Crippen LogP contribution in [0, 0.1) is 17.7 Å². The van der Waals surface area contributed by atoms with E-state index in [0.29, 0.717) is 23.5 Å². The van der Waals surface area contributed by atoms with Gasteiger partial charge in [-0.2, -0.15) is 0 Å². The first-order chi connectivity index (χ1) is 12.9. The van der Waals surface area contributed by atoms with Gasteiger partial charge in [0.1, 0.15) is 5.82 Å². The van der Waals surface area contributed by atoms with Gasteiger partial charge in [-0.15, -0.1) is 0 Å². The monoisotopic (exact) mass is 393 g/mol. The van der Waals surface area contributed by atoms with E-state index in [1.807, 2.05) is 0 Å². The lowest BCUT2D eigenvalue weighted by molar-refractivity contribution is -0.896. The van der Waals surface area contributed by atoms with Crippen LogP contribution in [0.1, 0.15) is 20.3 Å². The molecule has 0 bridgehead atoms. The normalized spacial score (nSPS) is 24.0. The molecule has 0 radical (unpaired) electrons. The molecule has 2 aliphatic rings. The lowest BCUT2D eigenvalue weighted by atomic mass is 9.92. The molecular weight excluding hydrogens is 363 g/mol. The van der Waals surface area contributed by atoms with Crippen molar-refractivity contribution in [3.05, 3.63) is 30.1 Å². The van der Waals surface area contributed by atoms with Crippen molar-refractivity contribution in [1.82, 2.24) is 9.80 Å². The van der Waals surface area contributed by atoms with Gasteiger partial charge < -0.3 is 20.0 Å². The van der Waals surface area contributed by atoms with E-state index in [4.69, 9.17) is 12.2 Å². The highest BCUT2D eigenvalue weighted by Crippen LogP contribution is 2.20. The summed E-state index contributed by atoms with van der Waals surface area (Å²) in [5, 5.41) is 3.82. The fourth-order valence-electron chi connectivity index (χ4n) is 4.13. The molecule has 0 saturated carbocycles. The first kappa shape index (κ1) is 20.0. The van der Waals surface area contributed by atoms with Crippen molar-refractivity contribution < 1.29 is 14.1 Å². The Morgan fingerprint density at radius 3 is 2.33 bits per heavy atom. The van der Waals surface area contributed by atoms with Crippen molar-refractivity contribution in [2.45, 2.75) is 20.3 Å². The lowest BCUT2D eigenvalue weighted by Gasteiger charge is -2.37. The molecule has 2 fully saturated rings. The summed E-state index contributed by atoms with van der Waals surface area (Å²) in [4.78, 5) is 18.2. The maximum Gasteiger partial charge on any atom is 0.277 e. The van der Waals surface area contributed by atoms with Crippen LogP contribution >= 0.6 is 12.2 Å². The van der Waals surface area contributed by atoms with Crippen LogP contribution in [0.5, 0.6) is 0 Å². The number of thiocarbonyl (C=S) groups is 1. The van der Waals surface area contributed by atoms with Crippen molar-refractivity contribution in [3.8, 4) is 0 Å². The minimum Gasteiger partial charge on any atom is -0.338 e. The summed E-state index contributed by atoms with van der Waals surface area (Å²) in [5.74, 6) is 1.22. The minimum absolute atomic E-state index is 0.258. The zero-order chi connectivity index (χ0) is 19.4. The summed E-state index contributed by atoms with van der Waals surface area (Å²) in [6, 6.07) is 6.20. The highest BCUT2D eigenvalue weighted by molar-refractivity contribution is 7.80. The van der Waals surface area contributed by atoms with Gasteiger partial charge in [-0.3, -0.25) is 4.79 Å². The van der Waals surface area contributed by atoms with E-state index in [2.05, 4.69) is 29.0 Å². The summed E-state index contributed by atoms with van der Waals surface area (Å²) in [5.41, 5.74) is 0.791. The number of likely N-dealkylation sites (tertiary alicyclic amines) is 1. The molecule has 0 aliphatic carbocycles. The summed E-state index contributed by atoms with van der Waals surface area (Å²) < 4.78 is 13.0. The number of hydrogen-bond acceptors (Lipinski definition) is 2. The van der Waals surface area contributed by atoms with Crippen molar-refractivity contribution >= 4 is 28.9 Å². The van der Waals surface area contributed by atoms with Gasteiger partial charge in [0.2, 0.25) is 0 Å². The number of nitrogens with zero attached hydrogens (tertiary/aromatic N) is 2. The first-order valence-electron chi connectivity index (χ1n) is 9.83. The predicted molar refractivity (Wildman–Crippen MR) is 109 cm³/mol. The van der Waals surface area contributed by atoms with Crippen molar-refractivity contribution in [2.75, 3.05) is 51.1 Å². The van der Waals surface area contributed by atoms with Crippen LogP contribution in [0.25, 0.3) is 0 Å². The topological polar surface area (TPSA) is 40.0 Å². The fraction of sp³-hybridized carbons (Fsp3) is 0.600. The molecule has 0 aromatic heterocycles. The number of carbonyl (C=O) groups is 1. The molecule has 1 aromatic rings. The highest BCUT2D eigenvalue weighted by Gasteiger charge is 2.29. The van der Waals surface area contributed by atoms with Crippen LogP contribution < -0.4 is 10.2 Å². The Morgan fingerprint density at radius 1 is 1.15 bits per heavy atom. The van der Waals surface area contributed by atoms with Crippen LogP contribution in [-0.4, -0.2) is 66.6 Å². The van der Waals surface area contributed by atoms with E-state index in [1.54, 1.807) is 12.1 Å². The van der Waals surface area contributed by atoms with Gasteiger partial charge in [0, 0.05) is 18.8 Å². The largest absolute Gasteiger partial charge is 0.338 e. The quantitative estimate of drug-likeness (QED) is 0.758. The Hall–Kier alpha value is -1.73.